The average Bonchev–Trinajstić information content (AvgIpc) is 4.16. The Kier molecular flexibility index (Phi) is 18.5. The van der Waals surface area contributed by atoms with Gasteiger partial charge >= 0.3 is 0 Å². The normalized spacial score (nSPS) is 13.2. The first-order chi connectivity index (χ1) is 34.4. The number of nitriles is 2. The van der Waals surface area contributed by atoms with Crippen LogP contribution in [0.2, 0.25) is 36.3 Å². The number of thiophene rings is 2. The molecular formula is C55H64N10O5S2Si2. The Bertz CT molecular complexity index is 3270. The fraction of sp³-hybridized carbons (Fsp3) is 0.345. The van der Waals surface area contributed by atoms with E-state index in [-0.39, 0.29) is 23.6 Å². The summed E-state index contributed by atoms with van der Waals surface area (Å²) in [5.41, 5.74) is 9.80. The number of carbonyl (C=O) groups is 2. The number of nitrogens with zero attached hydrogens (tertiary/aromatic N) is 6. The maximum absolute atomic E-state index is 13.4. The van der Waals surface area contributed by atoms with E-state index in [0.717, 1.165) is 31.4 Å². The van der Waals surface area contributed by atoms with Gasteiger partial charge in [0.05, 0.1) is 48.6 Å². The van der Waals surface area contributed by atoms with Crippen molar-refractivity contribution >= 4 is 94.0 Å². The van der Waals surface area contributed by atoms with Crippen LogP contribution in [-0.2, 0) is 13.6 Å². The molecule has 7 rings (SSSR count). The van der Waals surface area contributed by atoms with Crippen LogP contribution in [0.3, 0.4) is 0 Å². The maximum atomic E-state index is 13.4. The topological polar surface area (TPSA) is 196 Å². The summed E-state index contributed by atoms with van der Waals surface area (Å²) in [7, 11) is -4.33. The minimum absolute atomic E-state index is 0. The number of hydrogen-bond acceptors (Lipinski definition) is 13. The highest BCUT2D eigenvalue weighted by Gasteiger charge is 2.42. The van der Waals surface area contributed by atoms with Crippen molar-refractivity contribution in [2.45, 2.75) is 123 Å². The van der Waals surface area contributed by atoms with E-state index in [4.69, 9.17) is 36.9 Å². The Balaban J connectivity index is 0.000000270. The Morgan fingerprint density at radius 2 is 1.15 bits per heavy atom. The van der Waals surface area contributed by atoms with Gasteiger partial charge in [0.1, 0.15) is 12.1 Å². The monoisotopic (exact) mass is 1060 g/mol. The molecule has 74 heavy (non-hydrogen) atoms. The van der Waals surface area contributed by atoms with E-state index < -0.39 is 46.6 Å². The summed E-state index contributed by atoms with van der Waals surface area (Å²) in [6.07, 6.45) is -0.795. The quantitative estimate of drug-likeness (QED) is 0.0459. The van der Waals surface area contributed by atoms with Crippen molar-refractivity contribution in [3.63, 3.8) is 0 Å². The zero-order valence-electron chi connectivity index (χ0n) is 43.1. The Hall–Kier alpha value is -7.21. The van der Waals surface area contributed by atoms with Gasteiger partial charge in [0.15, 0.2) is 16.6 Å². The summed E-state index contributed by atoms with van der Waals surface area (Å²) in [5.74, 6) is -0.176. The minimum Gasteiger partial charge on any atom is -0.418 e. The molecule has 0 aliphatic carbocycles. The Morgan fingerprint density at radius 1 is 0.676 bits per heavy atom. The lowest BCUT2D eigenvalue weighted by molar-refractivity contribution is -0.124. The number of fused-ring (bicyclic) bond motifs is 2. The van der Waals surface area contributed by atoms with Crippen molar-refractivity contribution in [1.29, 1.82) is 10.5 Å². The molecule has 15 nitrogen and oxygen atoms in total. The van der Waals surface area contributed by atoms with Crippen molar-refractivity contribution in [2.24, 2.45) is 0 Å². The molecule has 7 aromatic rings. The number of hydrazine groups is 1. The molecule has 0 aliphatic heterocycles. The molecule has 4 aromatic carbocycles. The lowest BCUT2D eigenvalue weighted by Gasteiger charge is -2.40. The van der Waals surface area contributed by atoms with Crippen LogP contribution in [0.1, 0.15) is 96.2 Å². The van der Waals surface area contributed by atoms with Crippen LogP contribution < -0.4 is 21.5 Å². The average molecular weight is 1070 g/mol. The molecule has 0 aliphatic rings. The van der Waals surface area contributed by atoms with E-state index in [1.54, 1.807) is 47.7 Å². The number of benzene rings is 4. The smallest absolute Gasteiger partial charge is 0.269 e. The van der Waals surface area contributed by atoms with Crippen LogP contribution in [0.4, 0.5) is 22.7 Å². The van der Waals surface area contributed by atoms with Gasteiger partial charge in [0.2, 0.25) is 23.2 Å². The minimum atomic E-state index is -2.23. The maximum Gasteiger partial charge on any atom is 0.269 e. The first-order valence-electron chi connectivity index (χ1n) is 23.5. The van der Waals surface area contributed by atoms with Crippen LogP contribution >= 0.6 is 22.7 Å². The third-order valence-corrected chi connectivity index (χ3v) is 24.4. The van der Waals surface area contributed by atoms with Crippen LogP contribution in [0.5, 0.6) is 0 Å². The SMILES string of the molecule is C.[C-]#[N+]c1ccc(N[C@@H](C(=O)NNC(=O)c2ccc(C#N)cc2)[C@H](C)O[Si](C)(C)C(C)(C)C)c2ccsc12.[C-]#[N+]c1ccc(N[C@@H](c2nnc(-c3ccc(C#N)cc3)o2)[C@H](C)O[Si](C)(C)C(C)(C)C)c2ccsc12. The molecule has 3 heterocycles. The van der Waals surface area contributed by atoms with Gasteiger partial charge in [0, 0.05) is 42.7 Å². The molecule has 19 heteroatoms. The van der Waals surface area contributed by atoms with E-state index >= 15 is 0 Å². The van der Waals surface area contributed by atoms with E-state index in [1.165, 1.54) is 35.6 Å². The van der Waals surface area contributed by atoms with Gasteiger partial charge in [0.25, 0.3) is 11.8 Å². The van der Waals surface area contributed by atoms with Gasteiger partial charge in [-0.1, -0.05) is 61.1 Å². The second kappa shape index (κ2) is 23.8. The van der Waals surface area contributed by atoms with Gasteiger partial charge in [-0.05, 0) is 134 Å². The molecule has 2 amide bonds. The second-order valence-electron chi connectivity index (χ2n) is 20.5. The van der Waals surface area contributed by atoms with Crippen LogP contribution in [-0.4, -0.2) is 56.9 Å². The number of rotatable bonds is 14. The number of aromatic nitrogens is 2. The third kappa shape index (κ3) is 13.3. The van der Waals surface area contributed by atoms with Gasteiger partial charge < -0.3 is 23.9 Å². The zero-order chi connectivity index (χ0) is 53.5. The summed E-state index contributed by atoms with van der Waals surface area (Å²) >= 11 is 3.02. The predicted molar refractivity (Wildman–Crippen MR) is 303 cm³/mol. The number of hydrogen-bond donors (Lipinski definition) is 4. The van der Waals surface area contributed by atoms with Gasteiger partial charge in [-0.2, -0.15) is 33.2 Å². The lowest BCUT2D eigenvalue weighted by Crippen LogP contribution is -2.55. The molecule has 0 unspecified atom stereocenters. The molecule has 0 saturated heterocycles. The lowest BCUT2D eigenvalue weighted by atomic mass is 10.1. The van der Waals surface area contributed by atoms with Crippen molar-refractivity contribution < 1.29 is 22.9 Å². The molecule has 384 valence electrons. The van der Waals surface area contributed by atoms with E-state index in [0.29, 0.717) is 45.5 Å². The number of amides is 2. The first kappa shape index (κ1) is 57.7. The van der Waals surface area contributed by atoms with Crippen LogP contribution in [0.25, 0.3) is 41.3 Å². The Labute approximate surface area is 444 Å². The molecule has 0 bridgehead atoms. The fourth-order valence-corrected chi connectivity index (χ4v) is 11.8. The first-order valence-corrected chi connectivity index (χ1v) is 31.1. The summed E-state index contributed by atoms with van der Waals surface area (Å²) in [5, 5.41) is 39.3. The largest absolute Gasteiger partial charge is 0.418 e. The van der Waals surface area contributed by atoms with E-state index in [9.17, 15) is 9.59 Å². The molecule has 0 radical (unpaired) electrons. The highest BCUT2D eigenvalue weighted by molar-refractivity contribution is 7.18. The van der Waals surface area contributed by atoms with E-state index in [1.807, 2.05) is 54.9 Å². The van der Waals surface area contributed by atoms with Crippen LogP contribution in [0.15, 0.2) is 100 Å². The molecule has 4 atom stereocenters. The third-order valence-electron chi connectivity index (χ3n) is 13.4. The van der Waals surface area contributed by atoms with Crippen LogP contribution in [0, 0.1) is 35.8 Å². The van der Waals surface area contributed by atoms with Crippen molar-refractivity contribution in [3.05, 3.63) is 141 Å². The summed E-state index contributed by atoms with van der Waals surface area (Å²) in [4.78, 5) is 33.3. The van der Waals surface area contributed by atoms with Gasteiger partial charge in [-0.25, -0.2) is 9.69 Å². The number of anilines is 2. The van der Waals surface area contributed by atoms with Gasteiger partial charge in [-0.15, -0.1) is 10.2 Å². The predicted octanol–water partition coefficient (Wildman–Crippen LogP) is 14.5. The molecule has 0 spiro atoms. The highest BCUT2D eigenvalue weighted by Crippen LogP contribution is 2.43. The summed E-state index contributed by atoms with van der Waals surface area (Å²) < 4.78 is 21.2. The summed E-state index contributed by atoms with van der Waals surface area (Å²) in [6, 6.07) is 27.2. The summed E-state index contributed by atoms with van der Waals surface area (Å²) in [6.45, 7) is 40.5. The number of carbonyl (C=O) groups excluding carboxylic acids is 2. The van der Waals surface area contributed by atoms with Crippen molar-refractivity contribution in [2.75, 3.05) is 10.6 Å². The van der Waals surface area contributed by atoms with Crippen molar-refractivity contribution in [1.82, 2.24) is 21.0 Å². The Morgan fingerprint density at radius 3 is 1.62 bits per heavy atom. The number of nitrogens with one attached hydrogen (secondary N) is 4. The molecule has 0 fully saturated rings. The fourth-order valence-electron chi connectivity index (χ4n) is 7.18. The highest BCUT2D eigenvalue weighted by atomic mass is 32.1. The molecule has 0 saturated carbocycles. The molecule has 3 aromatic heterocycles. The van der Waals surface area contributed by atoms with E-state index in [2.05, 4.69) is 115 Å². The zero-order valence-corrected chi connectivity index (χ0v) is 46.7. The van der Waals surface area contributed by atoms with Crippen molar-refractivity contribution in [3.8, 4) is 23.6 Å². The van der Waals surface area contributed by atoms with Gasteiger partial charge in [-0.3, -0.25) is 20.4 Å². The standard InChI is InChI=1S/C27H31N5O3SSi.C27H29N5O2SSi.CH4/c1-17(35-37(6,7)27(2,3)4)23(30-21-12-13-22(29-5)24-20(21)14-15-36-24)26(34)32-31-25(33)19-10-8-18(16-28)9-11-19;1-17(34-36(6,7)27(2,3)4)23(30-21-12-13-22(29-5)24-20(21)14-15-35-24)26-32-31-25(33-26)19-10-8-18(16-28)9-11-19;/h8-15,17,23,30H,1-4,6-7H3,(H,31,33)(H,32,34);8-15,17,23,30H,1-4,6-7H3;1H4/t2*17-,23+;/m00./s1. The molecular weight excluding hydrogens is 1000 g/mol. The molecule has 4 N–H and O–H groups in total. The second-order valence-corrected chi connectivity index (χ2v) is 31.8.